The van der Waals surface area contributed by atoms with Gasteiger partial charge in [-0.05, 0) is 49.0 Å². The summed E-state index contributed by atoms with van der Waals surface area (Å²) in [6.07, 6.45) is 7.66. The number of carbonyl (C=O) groups excluding carboxylic acids is 3. The number of nitrogens with one attached hydrogen (secondary N) is 1. The van der Waals surface area contributed by atoms with E-state index in [4.69, 9.17) is 4.74 Å². The summed E-state index contributed by atoms with van der Waals surface area (Å²) in [4.78, 5) is 37.3. The molecule has 0 unspecified atom stereocenters. The zero-order valence-electron chi connectivity index (χ0n) is 15.2. The van der Waals surface area contributed by atoms with Crippen LogP contribution < -0.4 is 5.32 Å². The third kappa shape index (κ3) is 2.17. The van der Waals surface area contributed by atoms with Gasteiger partial charge in [0.2, 0.25) is 5.91 Å². The lowest BCUT2D eigenvalue weighted by molar-refractivity contribution is -0.158. The molecule has 1 N–H and O–H groups in total. The summed E-state index contributed by atoms with van der Waals surface area (Å²) < 4.78 is 5.03. The molecule has 4 rings (SSSR count). The van der Waals surface area contributed by atoms with Crippen molar-refractivity contribution in [3.05, 3.63) is 12.2 Å². The minimum Gasteiger partial charge on any atom is -0.469 e. The molecule has 3 aliphatic carbocycles. The Morgan fingerprint density at radius 3 is 2.68 bits per heavy atom. The Bertz CT molecular complexity index is 671. The Kier molecular flexibility index (Phi) is 3.64. The largest absolute Gasteiger partial charge is 0.469 e. The van der Waals surface area contributed by atoms with Gasteiger partial charge in [-0.25, -0.2) is 0 Å². The Labute approximate surface area is 148 Å². The van der Waals surface area contributed by atoms with Crippen molar-refractivity contribution in [2.75, 3.05) is 7.11 Å². The monoisotopic (exact) mass is 345 g/mol. The summed E-state index contributed by atoms with van der Waals surface area (Å²) in [6.45, 7) is 4.24. The van der Waals surface area contributed by atoms with Gasteiger partial charge in [0.25, 0.3) is 0 Å². The first kappa shape index (κ1) is 16.8. The Morgan fingerprint density at radius 2 is 1.96 bits per heavy atom. The molecule has 4 aliphatic rings. The molecular weight excluding hydrogens is 318 g/mol. The minimum atomic E-state index is -0.307. The molecule has 5 heteroatoms. The molecule has 25 heavy (non-hydrogen) atoms. The molecule has 1 aliphatic heterocycles. The van der Waals surface area contributed by atoms with E-state index >= 15 is 0 Å². The summed E-state index contributed by atoms with van der Waals surface area (Å²) >= 11 is 0. The summed E-state index contributed by atoms with van der Waals surface area (Å²) in [7, 11) is 1.44. The average molecular weight is 345 g/mol. The second-order valence-electron chi connectivity index (χ2n) is 8.89. The van der Waals surface area contributed by atoms with E-state index in [9.17, 15) is 14.4 Å². The first-order valence-corrected chi connectivity index (χ1v) is 9.41. The van der Waals surface area contributed by atoms with E-state index in [1.54, 1.807) is 6.08 Å². The predicted molar refractivity (Wildman–Crippen MR) is 91.4 cm³/mol. The van der Waals surface area contributed by atoms with Gasteiger partial charge in [-0.3, -0.25) is 14.4 Å². The number of hydrogen-bond acceptors (Lipinski definition) is 4. The summed E-state index contributed by atoms with van der Waals surface area (Å²) in [5.41, 5.74) is -0.589. The van der Waals surface area contributed by atoms with Gasteiger partial charge in [-0.15, -0.1) is 0 Å². The maximum Gasteiger partial charge on any atom is 0.309 e. The number of rotatable bonds is 1. The lowest BCUT2D eigenvalue weighted by Gasteiger charge is -2.57. The smallest absolute Gasteiger partial charge is 0.309 e. The highest BCUT2D eigenvalue weighted by Gasteiger charge is 2.64. The molecule has 5 nitrogen and oxygen atoms in total. The Hall–Kier alpha value is -1.65. The van der Waals surface area contributed by atoms with Gasteiger partial charge in [0.15, 0.2) is 0 Å². The molecular formula is C20H27NO4. The first-order valence-electron chi connectivity index (χ1n) is 9.41. The van der Waals surface area contributed by atoms with E-state index in [0.717, 1.165) is 25.7 Å². The standard InChI is InChI=1S/C20H27NO4/c1-19-9-8-16(23)21-15(19)7-4-11-12-5-6-13(18(24)25-3)20(12,2)10-14(22)17(11)19/h8-9,11-13,15,17H,4-7,10H2,1-3H3,(H,21,23)/t11-,12-,13+,15+,17+,19-,20-/m0/s1. The van der Waals surface area contributed by atoms with Gasteiger partial charge in [0.05, 0.1) is 13.0 Å². The van der Waals surface area contributed by atoms with Gasteiger partial charge in [0, 0.05) is 23.8 Å². The number of amides is 1. The van der Waals surface area contributed by atoms with Gasteiger partial charge < -0.3 is 10.1 Å². The number of ketones is 1. The van der Waals surface area contributed by atoms with Crippen LogP contribution in [0.2, 0.25) is 0 Å². The highest BCUT2D eigenvalue weighted by Crippen LogP contribution is 2.64. The lowest BCUT2D eigenvalue weighted by atomic mass is 9.47. The SMILES string of the molecule is COC(=O)[C@H]1CC[C@H]2[C@@H]3CC[C@H]4NC(=O)C=C[C@]4(C)[C@H]3C(=O)C[C@]12C. The number of hydrogen-bond donors (Lipinski definition) is 1. The van der Waals surface area contributed by atoms with Gasteiger partial charge in [-0.2, -0.15) is 0 Å². The molecule has 0 aromatic rings. The van der Waals surface area contributed by atoms with Crippen LogP contribution in [0.15, 0.2) is 12.2 Å². The highest BCUT2D eigenvalue weighted by molar-refractivity contribution is 5.91. The second-order valence-corrected chi connectivity index (χ2v) is 8.89. The zero-order valence-corrected chi connectivity index (χ0v) is 15.2. The van der Waals surface area contributed by atoms with E-state index in [1.807, 2.05) is 6.08 Å². The molecule has 0 bridgehead atoms. The summed E-state index contributed by atoms with van der Waals surface area (Å²) in [5, 5.41) is 3.07. The second kappa shape index (κ2) is 5.42. The van der Waals surface area contributed by atoms with Crippen molar-refractivity contribution in [1.29, 1.82) is 0 Å². The van der Waals surface area contributed by atoms with Gasteiger partial charge in [0.1, 0.15) is 5.78 Å². The van der Waals surface area contributed by atoms with Crippen LogP contribution in [0.5, 0.6) is 0 Å². The summed E-state index contributed by atoms with van der Waals surface area (Å²) in [6, 6.07) is 0.0392. The van der Waals surface area contributed by atoms with Crippen LogP contribution in [0.1, 0.15) is 46.0 Å². The van der Waals surface area contributed by atoms with E-state index in [0.29, 0.717) is 18.3 Å². The quantitative estimate of drug-likeness (QED) is 0.740. The van der Waals surface area contributed by atoms with Crippen LogP contribution in [-0.2, 0) is 19.1 Å². The van der Waals surface area contributed by atoms with Gasteiger partial charge >= 0.3 is 5.97 Å². The Balaban J connectivity index is 1.71. The lowest BCUT2D eigenvalue weighted by Crippen LogP contribution is -2.62. The predicted octanol–water partition coefficient (Wildman–Crippen LogP) is 2.25. The number of esters is 1. The molecule has 7 atom stereocenters. The molecule has 0 spiro atoms. The minimum absolute atomic E-state index is 0.0392. The van der Waals surface area contributed by atoms with E-state index in [2.05, 4.69) is 19.2 Å². The van der Waals surface area contributed by atoms with Crippen molar-refractivity contribution in [2.24, 2.45) is 34.5 Å². The van der Waals surface area contributed by atoms with Crippen LogP contribution in [0.4, 0.5) is 0 Å². The third-order valence-electron chi connectivity index (χ3n) is 7.86. The van der Waals surface area contributed by atoms with Crippen molar-refractivity contribution in [1.82, 2.24) is 5.32 Å². The molecule has 0 radical (unpaired) electrons. The van der Waals surface area contributed by atoms with Crippen LogP contribution in [0.3, 0.4) is 0 Å². The first-order chi connectivity index (χ1) is 11.8. The molecule has 3 fully saturated rings. The fraction of sp³-hybridized carbons (Fsp3) is 0.750. The van der Waals surface area contributed by atoms with Crippen LogP contribution in [0.25, 0.3) is 0 Å². The van der Waals surface area contributed by atoms with Crippen molar-refractivity contribution in [3.8, 4) is 0 Å². The summed E-state index contributed by atoms with van der Waals surface area (Å²) in [5.74, 6) is 0.483. The molecule has 3 saturated carbocycles. The molecule has 1 heterocycles. The molecule has 136 valence electrons. The number of fused-ring (bicyclic) bond motifs is 5. The van der Waals surface area contributed by atoms with Gasteiger partial charge in [-0.1, -0.05) is 19.9 Å². The fourth-order valence-electron chi connectivity index (χ4n) is 6.69. The fourth-order valence-corrected chi connectivity index (χ4v) is 6.69. The van der Waals surface area contributed by atoms with E-state index in [-0.39, 0.29) is 46.4 Å². The van der Waals surface area contributed by atoms with Crippen molar-refractivity contribution in [2.45, 2.75) is 52.0 Å². The van der Waals surface area contributed by atoms with Crippen LogP contribution >= 0.6 is 0 Å². The number of ether oxygens (including phenoxy) is 1. The normalized spacial score (nSPS) is 48.2. The highest BCUT2D eigenvalue weighted by atomic mass is 16.5. The molecule has 0 aromatic heterocycles. The number of methoxy groups -OCH3 is 1. The average Bonchev–Trinajstić information content (AvgIpc) is 2.91. The third-order valence-corrected chi connectivity index (χ3v) is 7.86. The number of Topliss-reactive ketones (excluding diaryl/α,β-unsaturated/α-hetero) is 1. The van der Waals surface area contributed by atoms with Crippen molar-refractivity contribution < 1.29 is 19.1 Å². The maximum absolute atomic E-state index is 13.3. The molecule has 0 aromatic carbocycles. The molecule has 0 saturated heterocycles. The zero-order chi connectivity index (χ0) is 18.0. The van der Waals surface area contributed by atoms with Crippen LogP contribution in [0, 0.1) is 34.5 Å². The van der Waals surface area contributed by atoms with Crippen molar-refractivity contribution in [3.63, 3.8) is 0 Å². The topological polar surface area (TPSA) is 72.5 Å². The van der Waals surface area contributed by atoms with Crippen LogP contribution in [-0.4, -0.2) is 30.8 Å². The van der Waals surface area contributed by atoms with E-state index in [1.165, 1.54) is 7.11 Å². The maximum atomic E-state index is 13.3. The Morgan fingerprint density at radius 1 is 1.20 bits per heavy atom. The van der Waals surface area contributed by atoms with E-state index < -0.39 is 0 Å². The van der Waals surface area contributed by atoms with Crippen molar-refractivity contribution >= 4 is 17.7 Å². The number of carbonyl (C=O) groups is 3. The molecule has 1 amide bonds.